The number of carbonyl (C=O) groups is 1. The van der Waals surface area contributed by atoms with Gasteiger partial charge in [-0.25, -0.2) is 4.79 Å². The van der Waals surface area contributed by atoms with Crippen LogP contribution in [0.5, 0.6) is 0 Å². The molecule has 0 saturated carbocycles. The van der Waals surface area contributed by atoms with Crippen molar-refractivity contribution in [2.45, 2.75) is 6.54 Å². The van der Waals surface area contributed by atoms with Gasteiger partial charge in [0.05, 0.1) is 6.54 Å². The molecule has 0 aliphatic carbocycles. The van der Waals surface area contributed by atoms with E-state index in [2.05, 4.69) is 10.3 Å². The highest BCUT2D eigenvalue weighted by Gasteiger charge is 2.14. The molecule has 2 N–H and O–H groups in total. The van der Waals surface area contributed by atoms with E-state index in [-0.39, 0.29) is 12.1 Å². The second-order valence-electron chi connectivity index (χ2n) is 5.04. The average molecular weight is 322 g/mol. The molecule has 0 aliphatic rings. The van der Waals surface area contributed by atoms with Crippen LogP contribution in [0.2, 0.25) is 0 Å². The van der Waals surface area contributed by atoms with Gasteiger partial charge in [0, 0.05) is 24.2 Å². The van der Waals surface area contributed by atoms with Gasteiger partial charge in [0.15, 0.2) is 0 Å². The van der Waals surface area contributed by atoms with E-state index >= 15 is 0 Å². The van der Waals surface area contributed by atoms with E-state index in [1.807, 2.05) is 36.5 Å². The Bertz CT molecular complexity index is 746. The summed E-state index contributed by atoms with van der Waals surface area (Å²) in [5.74, 6) is -0.483. The summed E-state index contributed by atoms with van der Waals surface area (Å²) < 4.78 is 1.03. The Morgan fingerprint density at radius 2 is 2.18 bits per heavy atom. The molecule has 0 saturated heterocycles. The van der Waals surface area contributed by atoms with E-state index in [9.17, 15) is 14.4 Å². The van der Waals surface area contributed by atoms with Gasteiger partial charge in [0.25, 0.3) is 11.5 Å². The molecular formula is C14H18N4O3S. The molecule has 0 fully saturated rings. The van der Waals surface area contributed by atoms with Crippen molar-refractivity contribution in [3.05, 3.63) is 55.0 Å². The molecule has 22 heavy (non-hydrogen) atoms. The smallest absolute Gasteiger partial charge is 0.328 e. The summed E-state index contributed by atoms with van der Waals surface area (Å²) in [5.41, 5.74) is -1.17. The van der Waals surface area contributed by atoms with Gasteiger partial charge >= 0.3 is 5.69 Å². The molecule has 2 heterocycles. The van der Waals surface area contributed by atoms with Crippen molar-refractivity contribution in [3.63, 3.8) is 0 Å². The molecule has 0 bridgehead atoms. The lowest BCUT2D eigenvalue weighted by atomic mass is 10.3. The standard InChI is InChI=1S/C14H18N4O3S/c1-17(2)6-5-15-12(19)11-8-16-14(21)18(13(11)20)9-10-4-3-7-22-10/h3-4,7-8H,5-6,9H2,1-2H3,(H,15,19)(H,16,21). The summed E-state index contributed by atoms with van der Waals surface area (Å²) >= 11 is 1.45. The number of hydrogen-bond acceptors (Lipinski definition) is 5. The number of likely N-dealkylation sites (N-methyl/N-ethyl adjacent to an activating group) is 1. The molecule has 1 amide bonds. The Morgan fingerprint density at radius 1 is 1.41 bits per heavy atom. The van der Waals surface area contributed by atoms with Gasteiger partial charge in [-0.05, 0) is 25.5 Å². The quantitative estimate of drug-likeness (QED) is 0.780. The van der Waals surface area contributed by atoms with Gasteiger partial charge in [-0.2, -0.15) is 0 Å². The lowest BCUT2D eigenvalue weighted by molar-refractivity contribution is 0.0948. The molecule has 2 aromatic rings. The second kappa shape index (κ2) is 7.19. The first-order chi connectivity index (χ1) is 10.5. The zero-order chi connectivity index (χ0) is 16.1. The fourth-order valence-corrected chi connectivity index (χ4v) is 2.56. The van der Waals surface area contributed by atoms with Crippen LogP contribution >= 0.6 is 11.3 Å². The number of hydrogen-bond donors (Lipinski definition) is 2. The zero-order valence-corrected chi connectivity index (χ0v) is 13.3. The van der Waals surface area contributed by atoms with E-state index in [4.69, 9.17) is 0 Å². The molecule has 0 unspecified atom stereocenters. The summed E-state index contributed by atoms with van der Waals surface area (Å²) in [6.45, 7) is 1.25. The molecular weight excluding hydrogens is 304 g/mol. The summed E-state index contributed by atoms with van der Waals surface area (Å²) in [4.78, 5) is 41.4. The van der Waals surface area contributed by atoms with Gasteiger partial charge in [0.1, 0.15) is 5.56 Å². The number of rotatable bonds is 6. The lowest BCUT2D eigenvalue weighted by Gasteiger charge is -2.10. The molecule has 0 radical (unpaired) electrons. The first-order valence-corrected chi connectivity index (χ1v) is 7.65. The van der Waals surface area contributed by atoms with Gasteiger partial charge in [0.2, 0.25) is 0 Å². The van der Waals surface area contributed by atoms with Crippen LogP contribution in [0.15, 0.2) is 33.3 Å². The van der Waals surface area contributed by atoms with E-state index < -0.39 is 17.2 Å². The highest BCUT2D eigenvalue weighted by molar-refractivity contribution is 7.09. The van der Waals surface area contributed by atoms with Gasteiger partial charge in [-0.3, -0.25) is 14.2 Å². The number of amides is 1. The molecule has 118 valence electrons. The van der Waals surface area contributed by atoms with Crippen molar-refractivity contribution in [1.82, 2.24) is 19.8 Å². The molecule has 0 atom stereocenters. The van der Waals surface area contributed by atoms with Gasteiger partial charge < -0.3 is 15.2 Å². The Hall–Kier alpha value is -2.19. The maximum atomic E-state index is 12.3. The molecule has 0 aliphatic heterocycles. The first-order valence-electron chi connectivity index (χ1n) is 6.77. The summed E-state index contributed by atoms with van der Waals surface area (Å²) in [5, 5.41) is 4.53. The Labute approximate surface area is 131 Å². The fourth-order valence-electron chi connectivity index (χ4n) is 1.86. The number of aromatic amines is 1. The first kappa shape index (κ1) is 16.2. The Kier molecular flexibility index (Phi) is 5.29. The normalized spacial score (nSPS) is 10.9. The molecule has 0 spiro atoms. The minimum atomic E-state index is -0.584. The Balaban J connectivity index is 2.21. The van der Waals surface area contributed by atoms with Crippen LogP contribution in [0, 0.1) is 0 Å². The van der Waals surface area contributed by atoms with Gasteiger partial charge in [-0.15, -0.1) is 11.3 Å². The third kappa shape index (κ3) is 3.92. The van der Waals surface area contributed by atoms with Crippen LogP contribution in [0.25, 0.3) is 0 Å². The lowest BCUT2D eigenvalue weighted by Crippen LogP contribution is -2.41. The van der Waals surface area contributed by atoms with Crippen LogP contribution < -0.4 is 16.6 Å². The molecule has 2 aromatic heterocycles. The average Bonchev–Trinajstić information content (AvgIpc) is 2.96. The summed E-state index contributed by atoms with van der Waals surface area (Å²) in [7, 11) is 3.78. The third-order valence-corrected chi connectivity index (χ3v) is 3.91. The van der Waals surface area contributed by atoms with Crippen LogP contribution in [0.4, 0.5) is 0 Å². The molecule has 2 rings (SSSR count). The minimum Gasteiger partial charge on any atom is -0.351 e. The van der Waals surface area contributed by atoms with Crippen molar-refractivity contribution in [2.75, 3.05) is 27.2 Å². The van der Waals surface area contributed by atoms with Crippen LogP contribution in [0.3, 0.4) is 0 Å². The monoisotopic (exact) mass is 322 g/mol. The van der Waals surface area contributed by atoms with Crippen molar-refractivity contribution >= 4 is 17.2 Å². The van der Waals surface area contributed by atoms with Crippen LogP contribution in [-0.2, 0) is 6.54 Å². The molecule has 8 heteroatoms. The van der Waals surface area contributed by atoms with E-state index in [0.29, 0.717) is 13.1 Å². The highest BCUT2D eigenvalue weighted by Crippen LogP contribution is 2.08. The number of thiophene rings is 1. The third-order valence-electron chi connectivity index (χ3n) is 3.04. The zero-order valence-electron chi connectivity index (χ0n) is 12.5. The van der Waals surface area contributed by atoms with E-state index in [1.165, 1.54) is 17.5 Å². The number of nitrogens with zero attached hydrogens (tertiary/aromatic N) is 2. The number of nitrogens with one attached hydrogen (secondary N) is 2. The van der Waals surface area contributed by atoms with Crippen molar-refractivity contribution in [1.29, 1.82) is 0 Å². The van der Waals surface area contributed by atoms with Crippen molar-refractivity contribution in [2.24, 2.45) is 0 Å². The fraction of sp³-hybridized carbons (Fsp3) is 0.357. The largest absolute Gasteiger partial charge is 0.351 e. The Morgan fingerprint density at radius 3 is 2.82 bits per heavy atom. The minimum absolute atomic E-state index is 0.0603. The van der Waals surface area contributed by atoms with E-state index in [1.54, 1.807) is 0 Å². The second-order valence-corrected chi connectivity index (χ2v) is 6.07. The SMILES string of the molecule is CN(C)CCNC(=O)c1c[nH]c(=O)n(Cc2cccs2)c1=O. The molecule has 7 nitrogen and oxygen atoms in total. The van der Waals surface area contributed by atoms with Crippen molar-refractivity contribution in [3.8, 4) is 0 Å². The van der Waals surface area contributed by atoms with Crippen LogP contribution in [0.1, 0.15) is 15.2 Å². The predicted octanol–water partition coefficient (Wildman–Crippen LogP) is -0.0622. The van der Waals surface area contributed by atoms with Gasteiger partial charge in [-0.1, -0.05) is 6.07 Å². The summed E-state index contributed by atoms with van der Waals surface area (Å²) in [6, 6.07) is 3.68. The number of H-pyrrole nitrogens is 1. The predicted molar refractivity (Wildman–Crippen MR) is 85.6 cm³/mol. The highest BCUT2D eigenvalue weighted by atomic mass is 32.1. The number of aromatic nitrogens is 2. The van der Waals surface area contributed by atoms with Crippen molar-refractivity contribution < 1.29 is 4.79 Å². The maximum absolute atomic E-state index is 12.3. The maximum Gasteiger partial charge on any atom is 0.328 e. The number of carbonyl (C=O) groups excluding carboxylic acids is 1. The molecule has 0 aromatic carbocycles. The topological polar surface area (TPSA) is 87.2 Å². The van der Waals surface area contributed by atoms with E-state index in [0.717, 1.165) is 9.44 Å². The summed E-state index contributed by atoms with van der Waals surface area (Å²) in [6.07, 6.45) is 1.17. The van der Waals surface area contributed by atoms with Crippen LogP contribution in [-0.4, -0.2) is 47.5 Å².